The predicted molar refractivity (Wildman–Crippen MR) is 110 cm³/mol. The number of halogens is 1. The molecule has 3 aromatic rings. The molecule has 2 aromatic carbocycles. The van der Waals surface area contributed by atoms with E-state index in [2.05, 4.69) is 5.32 Å². The lowest BCUT2D eigenvalue weighted by molar-refractivity contribution is -0.141. The van der Waals surface area contributed by atoms with Crippen molar-refractivity contribution in [3.05, 3.63) is 58.8 Å². The smallest absolute Gasteiger partial charge is 0.325 e. The van der Waals surface area contributed by atoms with Gasteiger partial charge in [-0.2, -0.15) is 0 Å². The summed E-state index contributed by atoms with van der Waals surface area (Å²) in [7, 11) is 0. The number of aryl methyl sites for hydroxylation is 1. The SMILES string of the molecule is CCCc1c(C(=O)NCC(=O)OCC)oc2cc(-c3ccc(Cl)cc3)ccc12. The van der Waals surface area contributed by atoms with Gasteiger partial charge in [0.2, 0.25) is 0 Å². The molecule has 1 N–H and O–H groups in total. The summed E-state index contributed by atoms with van der Waals surface area (Å²) in [6.45, 7) is 3.84. The predicted octanol–water partition coefficient (Wildman–Crippen LogP) is 5.00. The zero-order valence-corrected chi connectivity index (χ0v) is 16.6. The van der Waals surface area contributed by atoms with Crippen molar-refractivity contribution in [2.75, 3.05) is 13.2 Å². The molecule has 3 rings (SSSR count). The van der Waals surface area contributed by atoms with Crippen LogP contribution in [-0.2, 0) is 16.0 Å². The number of fused-ring (bicyclic) bond motifs is 1. The van der Waals surface area contributed by atoms with Crippen LogP contribution in [0.1, 0.15) is 36.4 Å². The fourth-order valence-electron chi connectivity index (χ4n) is 3.10. The Bertz CT molecular complexity index is 992. The first-order chi connectivity index (χ1) is 13.5. The molecule has 1 heterocycles. The average Bonchev–Trinajstić information content (AvgIpc) is 3.05. The number of amides is 1. The number of hydrogen-bond acceptors (Lipinski definition) is 4. The van der Waals surface area contributed by atoms with Crippen LogP contribution in [0.2, 0.25) is 5.02 Å². The van der Waals surface area contributed by atoms with E-state index >= 15 is 0 Å². The van der Waals surface area contributed by atoms with Crippen LogP contribution in [0.3, 0.4) is 0 Å². The second-order valence-electron chi connectivity index (χ2n) is 6.37. The maximum absolute atomic E-state index is 12.6. The maximum atomic E-state index is 12.6. The first-order valence-electron chi connectivity index (χ1n) is 9.28. The summed E-state index contributed by atoms with van der Waals surface area (Å²) in [5.74, 6) is -0.649. The topological polar surface area (TPSA) is 68.5 Å². The quantitative estimate of drug-likeness (QED) is 0.568. The van der Waals surface area contributed by atoms with Gasteiger partial charge in [0.1, 0.15) is 12.1 Å². The fourth-order valence-corrected chi connectivity index (χ4v) is 3.22. The van der Waals surface area contributed by atoms with Crippen LogP contribution in [0.25, 0.3) is 22.1 Å². The Morgan fingerprint density at radius 2 is 1.79 bits per heavy atom. The van der Waals surface area contributed by atoms with Crippen LogP contribution in [0.4, 0.5) is 0 Å². The molecule has 1 amide bonds. The summed E-state index contributed by atoms with van der Waals surface area (Å²) >= 11 is 5.96. The molecule has 146 valence electrons. The standard InChI is InChI=1S/C22H22ClNO4/c1-3-5-18-17-11-8-15(14-6-9-16(23)10-7-14)12-19(17)28-21(18)22(26)24-13-20(25)27-4-2/h6-12H,3-5,13H2,1-2H3,(H,24,26). The molecule has 0 aliphatic rings. The molecular weight excluding hydrogens is 378 g/mol. The van der Waals surface area contributed by atoms with Crippen molar-refractivity contribution in [1.82, 2.24) is 5.32 Å². The molecule has 0 aliphatic heterocycles. The van der Waals surface area contributed by atoms with Gasteiger partial charge in [-0.15, -0.1) is 0 Å². The zero-order valence-electron chi connectivity index (χ0n) is 15.9. The summed E-state index contributed by atoms with van der Waals surface area (Å²) in [5.41, 5.74) is 3.46. The van der Waals surface area contributed by atoms with Crippen LogP contribution in [0.15, 0.2) is 46.9 Å². The lowest BCUT2D eigenvalue weighted by atomic mass is 10.0. The van der Waals surface area contributed by atoms with Gasteiger partial charge in [-0.1, -0.05) is 49.2 Å². The van der Waals surface area contributed by atoms with Gasteiger partial charge in [0.05, 0.1) is 6.61 Å². The van der Waals surface area contributed by atoms with E-state index in [0.717, 1.165) is 28.5 Å². The Morgan fingerprint density at radius 1 is 1.07 bits per heavy atom. The fraction of sp³-hybridized carbons (Fsp3) is 0.273. The van der Waals surface area contributed by atoms with E-state index in [9.17, 15) is 9.59 Å². The van der Waals surface area contributed by atoms with Gasteiger partial charge in [-0.05, 0) is 42.7 Å². The normalized spacial score (nSPS) is 10.8. The molecule has 0 fully saturated rings. The van der Waals surface area contributed by atoms with Gasteiger partial charge in [0.25, 0.3) is 5.91 Å². The average molecular weight is 400 g/mol. The highest BCUT2D eigenvalue weighted by Gasteiger charge is 2.21. The number of ether oxygens (including phenoxy) is 1. The Hall–Kier alpha value is -2.79. The summed E-state index contributed by atoms with van der Waals surface area (Å²) in [6, 6.07) is 13.4. The van der Waals surface area contributed by atoms with E-state index in [-0.39, 0.29) is 18.9 Å². The Balaban J connectivity index is 1.93. The molecule has 6 heteroatoms. The van der Waals surface area contributed by atoms with Crippen molar-refractivity contribution in [3.8, 4) is 11.1 Å². The second kappa shape index (κ2) is 8.93. The van der Waals surface area contributed by atoms with Gasteiger partial charge in [0, 0.05) is 16.0 Å². The monoisotopic (exact) mass is 399 g/mol. The van der Waals surface area contributed by atoms with Crippen molar-refractivity contribution in [1.29, 1.82) is 0 Å². The minimum absolute atomic E-state index is 0.189. The lowest BCUT2D eigenvalue weighted by Crippen LogP contribution is -2.30. The van der Waals surface area contributed by atoms with Gasteiger partial charge in [-0.25, -0.2) is 0 Å². The van der Waals surface area contributed by atoms with Crippen LogP contribution >= 0.6 is 11.6 Å². The van der Waals surface area contributed by atoms with Crippen molar-refractivity contribution >= 4 is 34.4 Å². The minimum atomic E-state index is -0.478. The zero-order chi connectivity index (χ0) is 20.1. The first-order valence-corrected chi connectivity index (χ1v) is 9.66. The largest absolute Gasteiger partial charge is 0.465 e. The Labute approximate surface area is 168 Å². The Morgan fingerprint density at radius 3 is 2.46 bits per heavy atom. The minimum Gasteiger partial charge on any atom is -0.465 e. The number of carbonyl (C=O) groups is 2. The molecule has 0 bridgehead atoms. The molecule has 1 aromatic heterocycles. The van der Waals surface area contributed by atoms with Crippen LogP contribution in [-0.4, -0.2) is 25.0 Å². The third kappa shape index (κ3) is 4.37. The van der Waals surface area contributed by atoms with E-state index in [1.165, 1.54) is 0 Å². The lowest BCUT2D eigenvalue weighted by Gasteiger charge is -2.04. The van der Waals surface area contributed by atoms with E-state index in [4.69, 9.17) is 20.8 Å². The highest BCUT2D eigenvalue weighted by Crippen LogP contribution is 2.31. The summed E-state index contributed by atoms with van der Waals surface area (Å²) in [4.78, 5) is 24.1. The first kappa shape index (κ1) is 20.0. The molecular formula is C22H22ClNO4. The number of rotatable bonds is 7. The maximum Gasteiger partial charge on any atom is 0.325 e. The third-order valence-electron chi connectivity index (χ3n) is 4.38. The van der Waals surface area contributed by atoms with E-state index < -0.39 is 11.9 Å². The molecule has 0 atom stereocenters. The molecule has 0 saturated heterocycles. The van der Waals surface area contributed by atoms with Crippen LogP contribution < -0.4 is 5.32 Å². The van der Waals surface area contributed by atoms with Gasteiger partial charge < -0.3 is 14.5 Å². The summed E-state index contributed by atoms with van der Waals surface area (Å²) in [6.07, 6.45) is 1.57. The number of esters is 1. The van der Waals surface area contributed by atoms with Gasteiger partial charge in [-0.3, -0.25) is 9.59 Å². The number of nitrogens with one attached hydrogen (secondary N) is 1. The molecule has 0 radical (unpaired) electrons. The van der Waals surface area contributed by atoms with Crippen LogP contribution in [0, 0.1) is 0 Å². The second-order valence-corrected chi connectivity index (χ2v) is 6.80. The molecule has 0 unspecified atom stereocenters. The summed E-state index contributed by atoms with van der Waals surface area (Å²) in [5, 5.41) is 4.15. The highest BCUT2D eigenvalue weighted by molar-refractivity contribution is 6.30. The van der Waals surface area contributed by atoms with E-state index in [1.54, 1.807) is 6.92 Å². The molecule has 28 heavy (non-hydrogen) atoms. The molecule has 0 spiro atoms. The van der Waals surface area contributed by atoms with Crippen molar-refractivity contribution in [3.63, 3.8) is 0 Å². The molecule has 5 nitrogen and oxygen atoms in total. The van der Waals surface area contributed by atoms with E-state index in [1.807, 2.05) is 49.4 Å². The van der Waals surface area contributed by atoms with Crippen molar-refractivity contribution < 1.29 is 18.7 Å². The Kier molecular flexibility index (Phi) is 6.37. The molecule has 0 saturated carbocycles. The molecule has 0 aliphatic carbocycles. The number of carbonyl (C=O) groups excluding carboxylic acids is 2. The van der Waals surface area contributed by atoms with Crippen molar-refractivity contribution in [2.45, 2.75) is 26.7 Å². The van der Waals surface area contributed by atoms with Gasteiger partial charge in [0.15, 0.2) is 5.76 Å². The van der Waals surface area contributed by atoms with Gasteiger partial charge >= 0.3 is 5.97 Å². The highest BCUT2D eigenvalue weighted by atomic mass is 35.5. The van der Waals surface area contributed by atoms with Crippen molar-refractivity contribution in [2.24, 2.45) is 0 Å². The third-order valence-corrected chi connectivity index (χ3v) is 4.63. The number of benzene rings is 2. The number of furan rings is 1. The van der Waals surface area contributed by atoms with Crippen LogP contribution in [0.5, 0.6) is 0 Å². The van der Waals surface area contributed by atoms with E-state index in [0.29, 0.717) is 17.0 Å². The number of hydrogen-bond donors (Lipinski definition) is 1. The summed E-state index contributed by atoms with van der Waals surface area (Å²) < 4.78 is 10.7.